The average molecular weight is 1530 g/mol. The largest absolute Gasteiger partial charge is 0.393 e. The second-order valence-electron chi connectivity index (χ2n) is 35.5. The number of azide groups is 1. The lowest BCUT2D eigenvalue weighted by Crippen LogP contribution is -2.62. The number of carbonyl (C=O) groups excluding carboxylic acids is 4. The van der Waals surface area contributed by atoms with Crippen molar-refractivity contribution >= 4 is 35.0 Å². The summed E-state index contributed by atoms with van der Waals surface area (Å²) in [6.45, 7) is 23.6. The molecule has 604 valence electrons. The van der Waals surface area contributed by atoms with Crippen LogP contribution in [0.1, 0.15) is 135 Å². The maximum atomic E-state index is 14.4. The number of nitrogens with two attached hydrogens (primary N) is 1. The van der Waals surface area contributed by atoms with Gasteiger partial charge in [-0.05, 0) is 238 Å². The Bertz CT molecular complexity index is 4300. The third kappa shape index (κ3) is 18.9. The predicted octanol–water partition coefficient (Wildman–Crippen LogP) is 11.9. The van der Waals surface area contributed by atoms with Crippen molar-refractivity contribution in [2.24, 2.45) is 69.0 Å². The quantitative estimate of drug-likeness (QED) is 0.0131. The molecule has 0 unspecified atom stereocenters. The number of amides is 4. The highest BCUT2D eigenvalue weighted by atomic mass is 16.7. The second-order valence-corrected chi connectivity index (χ2v) is 35.5. The van der Waals surface area contributed by atoms with Crippen molar-refractivity contribution < 1.29 is 39.1 Å². The van der Waals surface area contributed by atoms with Gasteiger partial charge in [-0.15, -0.1) is 0 Å². The van der Waals surface area contributed by atoms with Crippen LogP contribution in [0.4, 0.5) is 11.4 Å². The van der Waals surface area contributed by atoms with Gasteiger partial charge in [-0.3, -0.25) is 28.9 Å². The van der Waals surface area contributed by atoms with Gasteiger partial charge in [-0.2, -0.15) is 10.1 Å². The fourth-order valence-electron chi connectivity index (χ4n) is 19.7. The number of aliphatic hydroxyl groups is 2. The summed E-state index contributed by atoms with van der Waals surface area (Å²) in [6, 6.07) is 43.1. The van der Waals surface area contributed by atoms with E-state index in [2.05, 4.69) is 144 Å². The molecule has 8 N–H and O–H groups in total. The molecule has 14 rings (SSSR count). The van der Waals surface area contributed by atoms with Crippen LogP contribution in [0.25, 0.3) is 32.7 Å². The molecule has 8 fully saturated rings. The molecule has 112 heavy (non-hydrogen) atoms. The molecule has 18 atom stereocenters. The van der Waals surface area contributed by atoms with Gasteiger partial charge in [0, 0.05) is 111 Å². The molecule has 0 spiro atoms. The molecule has 2 heterocycles. The molecule has 0 radical (unpaired) electrons. The number of nitrogens with zero attached hydrogens (tertiary/aromatic N) is 9. The Morgan fingerprint density at radius 2 is 0.964 bits per heavy atom. The Morgan fingerprint density at radius 3 is 1.31 bits per heavy atom. The van der Waals surface area contributed by atoms with Crippen molar-refractivity contribution in [1.29, 1.82) is 0 Å². The third-order valence-corrected chi connectivity index (χ3v) is 26.4. The summed E-state index contributed by atoms with van der Waals surface area (Å²) in [6.07, 6.45) is 2.92. The van der Waals surface area contributed by atoms with Crippen LogP contribution < -0.4 is 36.8 Å². The van der Waals surface area contributed by atoms with Crippen LogP contribution in [-0.4, -0.2) is 197 Å². The Morgan fingerprint density at radius 1 is 0.571 bits per heavy atom. The van der Waals surface area contributed by atoms with Gasteiger partial charge in [-0.25, -0.2) is 0 Å². The zero-order valence-electron chi connectivity index (χ0n) is 69.5. The number of rotatable bonds is 29. The first-order valence-electron chi connectivity index (χ1n) is 40.5. The number of hydrogen-bond acceptors (Lipinski definition) is 16. The molecule has 6 aliphatic carbocycles. The molecule has 22 heteroatoms. The molecule has 6 aromatic carbocycles. The minimum Gasteiger partial charge on any atom is -0.393 e. The van der Waals surface area contributed by atoms with Crippen molar-refractivity contribution in [3.8, 4) is 22.3 Å². The van der Waals surface area contributed by atoms with Gasteiger partial charge in [0.15, 0.2) is 0 Å². The van der Waals surface area contributed by atoms with E-state index in [4.69, 9.17) is 15.4 Å². The van der Waals surface area contributed by atoms with Crippen LogP contribution in [0.15, 0.2) is 139 Å². The van der Waals surface area contributed by atoms with Crippen LogP contribution in [0.3, 0.4) is 0 Å². The van der Waals surface area contributed by atoms with Crippen molar-refractivity contribution in [2.45, 2.75) is 182 Å². The molecular formula is C90H126N14O8. The lowest BCUT2D eigenvalue weighted by Gasteiger charge is -2.62. The lowest BCUT2D eigenvalue weighted by molar-refractivity contribution is -0.176. The SMILES string of the molecule is Cc1c(CN2O[C@@H](CN)[C@@H]([C@H](C)O)[C@H]2C(=O)N[C@H]2C[C@H]3C[C@@H]([C@@H]2C)C3(C)C)cccc1-c1cc(C(=O)N[C@@H](Cc2ccccc2)CN(C)C)cc(N(C)C)c1.Cc1c(CN2O[C@@H](CN=[N+]=[N-])[C@@H]([C@H](C)O)[C@H]2C(=O)N[C@H]2C[C@H]3C[C@@H]([C@@H]2C)C3(C)C)cccc1-c1cc(C(=O)N[C@@H](Cc2ccccc2)CN(C)C)cc(N(C)C)c1. The number of anilines is 2. The maximum absolute atomic E-state index is 14.4. The first kappa shape index (κ1) is 84.7. The molecule has 0 aromatic heterocycles. The molecular weight excluding hydrogens is 1410 g/mol. The van der Waals surface area contributed by atoms with Crippen molar-refractivity contribution in [2.75, 3.05) is 92.4 Å². The van der Waals surface area contributed by atoms with E-state index in [-0.39, 0.29) is 72.8 Å². The highest BCUT2D eigenvalue weighted by molar-refractivity contribution is 5.98. The molecule has 22 nitrogen and oxygen atoms in total. The number of fused-ring (bicyclic) bond motifs is 4. The fourth-order valence-corrected chi connectivity index (χ4v) is 19.7. The van der Waals surface area contributed by atoms with E-state index in [0.717, 1.165) is 80.7 Å². The van der Waals surface area contributed by atoms with Gasteiger partial charge in [0.2, 0.25) is 11.8 Å². The van der Waals surface area contributed by atoms with Crippen molar-refractivity contribution in [1.82, 2.24) is 41.2 Å². The van der Waals surface area contributed by atoms with E-state index in [1.807, 2.05) is 152 Å². The number of likely N-dealkylation sites (N-methyl/N-ethyl adjacent to an activating group) is 2. The molecule has 6 saturated carbocycles. The number of aliphatic hydroxyl groups excluding tert-OH is 2. The summed E-state index contributed by atoms with van der Waals surface area (Å²) >= 11 is 0. The van der Waals surface area contributed by atoms with Crippen LogP contribution in [0.5, 0.6) is 0 Å². The minimum atomic E-state index is -0.892. The summed E-state index contributed by atoms with van der Waals surface area (Å²) in [5.74, 6) is 1.40. The van der Waals surface area contributed by atoms with Gasteiger partial charge in [0.25, 0.3) is 11.8 Å². The highest BCUT2D eigenvalue weighted by Crippen LogP contribution is 2.62. The number of benzene rings is 6. The average Bonchev–Trinajstić information content (AvgIpc) is 0.845. The number of carbonyl (C=O) groups is 4. The predicted molar refractivity (Wildman–Crippen MR) is 446 cm³/mol. The van der Waals surface area contributed by atoms with Crippen LogP contribution >= 0.6 is 0 Å². The van der Waals surface area contributed by atoms with Gasteiger partial charge in [-0.1, -0.05) is 144 Å². The monoisotopic (exact) mass is 1530 g/mol. The number of hydrogen-bond donors (Lipinski definition) is 7. The normalized spacial score (nSPS) is 26.6. The summed E-state index contributed by atoms with van der Waals surface area (Å²) in [5.41, 5.74) is 29.0. The summed E-state index contributed by atoms with van der Waals surface area (Å²) in [7, 11) is 16.0. The molecule has 6 aromatic rings. The number of hydroxylamine groups is 4. The van der Waals surface area contributed by atoms with E-state index >= 15 is 0 Å². The van der Waals surface area contributed by atoms with E-state index in [1.165, 1.54) is 18.4 Å². The lowest BCUT2D eigenvalue weighted by atomic mass is 9.45. The summed E-state index contributed by atoms with van der Waals surface area (Å²) in [4.78, 5) is 80.7. The standard InChI is InChI=1S/C45H62N8O4.C45H64N6O4/c1-27-31(25-53-42(41(29(3)54)40(57-53)24-47-50-46)44(56)49-39-23-34-22-38(28(39)2)45(34,4)5)16-13-17-37(27)32-19-33(21-36(20-32)52(8)9)43(55)48-35(26-51(6)7)18-30-14-11-10-12-15-30;1-27-31(25-51-42(41(29(3)52)40(24-46)55-51)44(54)48-39-23-34-22-38(28(39)2)45(34,4)5)16-13-17-37(27)32-19-33(21-36(20-32)50(8)9)43(53)47-35(26-49(6)7)18-30-14-11-10-12-15-30/h10-17,19-21,28-29,34-35,38-42,54H,18,22-26H2,1-9H3,(H,48,55)(H,49,56);10-17,19-21,28-29,34-35,38-42,52H,18,22-26,46H2,1-9H3,(H,47,53)(H,48,54)/t2*28-,29-,34+,35-,38-,39-,40-,41+,42-/m00/s1. The first-order chi connectivity index (χ1) is 53.2. The smallest absolute Gasteiger partial charge is 0.251 e. The van der Waals surface area contributed by atoms with E-state index in [0.29, 0.717) is 78.1 Å². The molecule has 2 aliphatic heterocycles. The highest BCUT2D eigenvalue weighted by Gasteiger charge is 2.59. The van der Waals surface area contributed by atoms with Crippen LogP contribution in [0, 0.1) is 72.0 Å². The van der Waals surface area contributed by atoms with E-state index in [9.17, 15) is 34.9 Å². The van der Waals surface area contributed by atoms with Crippen molar-refractivity contribution in [3.05, 3.63) is 188 Å². The minimum absolute atomic E-state index is 0.00748. The Balaban J connectivity index is 0.000000222. The van der Waals surface area contributed by atoms with Gasteiger partial charge >= 0.3 is 0 Å². The van der Waals surface area contributed by atoms with Gasteiger partial charge in [0.05, 0.1) is 44.1 Å². The second kappa shape index (κ2) is 36.1. The molecule has 4 bridgehead atoms. The summed E-state index contributed by atoms with van der Waals surface area (Å²) in [5, 5.41) is 42.8. The third-order valence-electron chi connectivity index (χ3n) is 26.4. The maximum Gasteiger partial charge on any atom is 0.251 e. The topological polar surface area (TPSA) is 270 Å². The molecule has 4 amide bonds. The Labute approximate surface area is 665 Å². The van der Waals surface area contributed by atoms with E-state index < -0.39 is 48.3 Å². The zero-order chi connectivity index (χ0) is 80.9. The Kier molecular flexibility index (Phi) is 27.3. The van der Waals surface area contributed by atoms with Gasteiger partial charge < -0.3 is 56.8 Å². The Hall–Kier alpha value is -8.25. The molecule has 8 aliphatic rings. The summed E-state index contributed by atoms with van der Waals surface area (Å²) < 4.78 is 0. The van der Waals surface area contributed by atoms with Crippen LogP contribution in [-0.2, 0) is 45.2 Å². The first-order valence-corrected chi connectivity index (χ1v) is 40.5. The molecule has 2 saturated heterocycles. The fraction of sp³-hybridized carbons (Fsp3) is 0.556. The van der Waals surface area contributed by atoms with Crippen LogP contribution in [0.2, 0.25) is 0 Å². The van der Waals surface area contributed by atoms with E-state index in [1.54, 1.807) is 24.0 Å². The van der Waals surface area contributed by atoms with Crippen molar-refractivity contribution in [3.63, 3.8) is 0 Å². The van der Waals surface area contributed by atoms with Gasteiger partial charge in [0.1, 0.15) is 12.1 Å². The zero-order valence-corrected chi connectivity index (χ0v) is 69.5. The number of nitrogens with one attached hydrogen (secondary N) is 4.